The van der Waals surface area contributed by atoms with Gasteiger partial charge in [-0.05, 0) is 38.5 Å². The van der Waals surface area contributed by atoms with Crippen LogP contribution in [0.15, 0.2) is 33.5 Å². The van der Waals surface area contributed by atoms with Gasteiger partial charge in [0.15, 0.2) is 0 Å². The summed E-state index contributed by atoms with van der Waals surface area (Å²) in [5, 5.41) is 0.848. The zero-order chi connectivity index (χ0) is 15.6. The molecule has 0 fully saturated rings. The van der Waals surface area contributed by atoms with Gasteiger partial charge in [0.25, 0.3) is 0 Å². The number of hydrogen-bond acceptors (Lipinski definition) is 5. The fourth-order valence-electron chi connectivity index (χ4n) is 1.92. The second-order valence-electron chi connectivity index (χ2n) is 5.55. The number of carbonyl (C=O) groups excluding carboxylic acids is 1. The van der Waals surface area contributed by atoms with Crippen molar-refractivity contribution in [3.8, 4) is 5.75 Å². The molecule has 0 unspecified atom stereocenters. The van der Waals surface area contributed by atoms with Gasteiger partial charge in [0, 0.05) is 17.5 Å². The minimum atomic E-state index is -0.767. The van der Waals surface area contributed by atoms with E-state index in [2.05, 4.69) is 5.43 Å². The van der Waals surface area contributed by atoms with Crippen LogP contribution in [-0.4, -0.2) is 12.5 Å². The Morgan fingerprint density at radius 3 is 2.76 bits per heavy atom. The van der Waals surface area contributed by atoms with Gasteiger partial charge in [-0.25, -0.2) is 10.6 Å². The summed E-state index contributed by atoms with van der Waals surface area (Å²) < 4.78 is 10.8. The summed E-state index contributed by atoms with van der Waals surface area (Å²) in [4.78, 5) is 23.0. The monoisotopic (exact) mass is 290 g/mol. The summed E-state index contributed by atoms with van der Waals surface area (Å²) >= 11 is 0. The minimum Gasteiger partial charge on any atom is -0.492 e. The number of fused-ring (bicyclic) bond motifs is 1. The molecule has 0 spiro atoms. The van der Waals surface area contributed by atoms with E-state index in [9.17, 15) is 9.59 Å². The minimum absolute atomic E-state index is 0.150. The number of rotatable bonds is 4. The van der Waals surface area contributed by atoms with Crippen LogP contribution in [-0.2, 0) is 4.79 Å². The van der Waals surface area contributed by atoms with Gasteiger partial charge in [-0.1, -0.05) is 0 Å². The largest absolute Gasteiger partial charge is 0.492 e. The SMILES string of the molecule is Cc1cc(=O)oc2cc(OCC(C)(C)C(=O)NN)ccc12. The first-order valence-corrected chi connectivity index (χ1v) is 6.52. The number of nitrogens with two attached hydrogens (primary N) is 1. The van der Waals surface area contributed by atoms with Crippen molar-refractivity contribution in [3.05, 3.63) is 40.2 Å². The van der Waals surface area contributed by atoms with E-state index in [-0.39, 0.29) is 12.5 Å². The zero-order valence-electron chi connectivity index (χ0n) is 12.2. The van der Waals surface area contributed by atoms with Crippen molar-refractivity contribution in [2.24, 2.45) is 11.3 Å². The molecule has 0 saturated carbocycles. The van der Waals surface area contributed by atoms with Crippen LogP contribution in [0, 0.1) is 12.3 Å². The van der Waals surface area contributed by atoms with E-state index in [4.69, 9.17) is 15.0 Å². The van der Waals surface area contributed by atoms with E-state index < -0.39 is 11.0 Å². The maximum absolute atomic E-state index is 11.6. The van der Waals surface area contributed by atoms with Crippen molar-refractivity contribution in [1.29, 1.82) is 0 Å². The normalized spacial score (nSPS) is 11.4. The van der Waals surface area contributed by atoms with Crippen molar-refractivity contribution in [2.75, 3.05) is 6.61 Å². The van der Waals surface area contributed by atoms with Crippen molar-refractivity contribution in [2.45, 2.75) is 20.8 Å². The number of hydrazine groups is 1. The van der Waals surface area contributed by atoms with Crippen LogP contribution in [0.5, 0.6) is 5.75 Å². The molecule has 0 atom stereocenters. The first kappa shape index (κ1) is 15.1. The van der Waals surface area contributed by atoms with E-state index in [0.717, 1.165) is 10.9 Å². The van der Waals surface area contributed by atoms with Crippen LogP contribution >= 0.6 is 0 Å². The first-order valence-electron chi connectivity index (χ1n) is 6.52. The summed E-state index contributed by atoms with van der Waals surface area (Å²) in [7, 11) is 0. The number of carbonyl (C=O) groups is 1. The first-order chi connectivity index (χ1) is 9.83. The van der Waals surface area contributed by atoms with E-state index in [1.54, 1.807) is 26.0 Å². The topological polar surface area (TPSA) is 94.6 Å². The highest BCUT2D eigenvalue weighted by atomic mass is 16.5. The lowest BCUT2D eigenvalue weighted by atomic mass is 9.94. The van der Waals surface area contributed by atoms with E-state index >= 15 is 0 Å². The standard InChI is InChI=1S/C15H18N2O4/c1-9-6-13(18)21-12-7-10(4-5-11(9)12)20-8-15(2,3)14(19)17-16/h4-7H,8,16H2,1-3H3,(H,17,19). The predicted octanol–water partition coefficient (Wildman–Crippen LogP) is 1.50. The molecule has 1 aromatic carbocycles. The van der Waals surface area contributed by atoms with Gasteiger partial charge in [-0.2, -0.15) is 0 Å². The molecule has 0 aliphatic rings. The molecule has 112 valence electrons. The molecular weight excluding hydrogens is 272 g/mol. The number of amides is 1. The molecule has 3 N–H and O–H groups in total. The van der Waals surface area contributed by atoms with Crippen molar-refractivity contribution in [1.82, 2.24) is 5.43 Å². The molecule has 1 aromatic heterocycles. The van der Waals surface area contributed by atoms with Crippen molar-refractivity contribution >= 4 is 16.9 Å². The van der Waals surface area contributed by atoms with Gasteiger partial charge < -0.3 is 9.15 Å². The average molecular weight is 290 g/mol. The Hall–Kier alpha value is -2.34. The molecule has 2 aromatic rings. The van der Waals surface area contributed by atoms with Crippen molar-refractivity contribution < 1.29 is 13.9 Å². The molecule has 6 heteroatoms. The fourth-order valence-corrected chi connectivity index (χ4v) is 1.92. The number of ether oxygens (including phenoxy) is 1. The lowest BCUT2D eigenvalue weighted by Gasteiger charge is -2.22. The van der Waals surface area contributed by atoms with Gasteiger partial charge in [-0.3, -0.25) is 10.2 Å². The highest BCUT2D eigenvalue weighted by Crippen LogP contribution is 2.24. The van der Waals surface area contributed by atoms with Crippen molar-refractivity contribution in [3.63, 3.8) is 0 Å². The molecule has 21 heavy (non-hydrogen) atoms. The number of hydrogen-bond donors (Lipinski definition) is 2. The molecule has 0 radical (unpaired) electrons. The van der Waals surface area contributed by atoms with Gasteiger partial charge in [0.2, 0.25) is 5.91 Å². The third-order valence-electron chi connectivity index (χ3n) is 3.27. The van der Waals surface area contributed by atoms with Gasteiger partial charge in [-0.15, -0.1) is 0 Å². The lowest BCUT2D eigenvalue weighted by Crippen LogP contribution is -2.44. The van der Waals surface area contributed by atoms with E-state index in [1.165, 1.54) is 6.07 Å². The quantitative estimate of drug-likeness (QED) is 0.385. The Kier molecular flexibility index (Phi) is 3.99. The van der Waals surface area contributed by atoms with Gasteiger partial charge in [0.1, 0.15) is 17.9 Å². The second kappa shape index (κ2) is 5.57. The smallest absolute Gasteiger partial charge is 0.336 e. The highest BCUT2D eigenvalue weighted by molar-refractivity contribution is 5.82. The van der Waals surface area contributed by atoms with Gasteiger partial charge >= 0.3 is 5.63 Å². The van der Waals surface area contributed by atoms with Crippen LogP contribution < -0.4 is 21.6 Å². The summed E-state index contributed by atoms with van der Waals surface area (Å²) in [5.41, 5.74) is 2.24. The van der Waals surface area contributed by atoms with Crippen LogP contribution in [0.25, 0.3) is 11.0 Å². The van der Waals surface area contributed by atoms with Crippen LogP contribution in [0.3, 0.4) is 0 Å². The molecular formula is C15H18N2O4. The number of nitrogens with one attached hydrogen (secondary N) is 1. The van der Waals surface area contributed by atoms with E-state index in [1.807, 2.05) is 13.0 Å². The Morgan fingerprint density at radius 2 is 2.10 bits per heavy atom. The highest BCUT2D eigenvalue weighted by Gasteiger charge is 2.28. The summed E-state index contributed by atoms with van der Waals surface area (Å²) in [6.45, 7) is 5.44. The number of aryl methyl sites for hydroxylation is 1. The average Bonchev–Trinajstić information content (AvgIpc) is 2.43. The maximum Gasteiger partial charge on any atom is 0.336 e. The zero-order valence-corrected chi connectivity index (χ0v) is 12.2. The second-order valence-corrected chi connectivity index (χ2v) is 5.55. The van der Waals surface area contributed by atoms with Gasteiger partial charge in [0.05, 0.1) is 5.41 Å². The molecule has 0 aliphatic carbocycles. The molecule has 0 bridgehead atoms. The summed E-state index contributed by atoms with van der Waals surface area (Å²) in [6.07, 6.45) is 0. The molecule has 0 aliphatic heterocycles. The Labute approximate surface area is 121 Å². The third kappa shape index (κ3) is 3.22. The predicted molar refractivity (Wildman–Crippen MR) is 78.8 cm³/mol. The van der Waals surface area contributed by atoms with Crippen LogP contribution in [0.2, 0.25) is 0 Å². The summed E-state index contributed by atoms with van der Waals surface area (Å²) in [6, 6.07) is 6.67. The third-order valence-corrected chi connectivity index (χ3v) is 3.27. The Bertz CT molecular complexity index is 734. The molecule has 2 rings (SSSR count). The fraction of sp³-hybridized carbons (Fsp3) is 0.333. The Balaban J connectivity index is 2.24. The van der Waals surface area contributed by atoms with Crippen LogP contribution in [0.1, 0.15) is 19.4 Å². The maximum atomic E-state index is 11.6. The Morgan fingerprint density at radius 1 is 1.38 bits per heavy atom. The summed E-state index contributed by atoms with van der Waals surface area (Å²) in [5.74, 6) is 5.34. The molecule has 6 nitrogen and oxygen atoms in total. The molecule has 1 amide bonds. The molecule has 1 heterocycles. The number of benzene rings is 1. The van der Waals surface area contributed by atoms with Crippen LogP contribution in [0.4, 0.5) is 0 Å². The molecule has 0 saturated heterocycles. The lowest BCUT2D eigenvalue weighted by molar-refractivity contribution is -0.130. The van der Waals surface area contributed by atoms with E-state index in [0.29, 0.717) is 11.3 Å².